The Balaban J connectivity index is 2.11. The summed E-state index contributed by atoms with van der Waals surface area (Å²) in [5, 5.41) is 19.5. The van der Waals surface area contributed by atoms with Gasteiger partial charge in [-0.25, -0.2) is 4.68 Å². The van der Waals surface area contributed by atoms with Crippen LogP contribution in [0.25, 0.3) is 0 Å². The number of benzene rings is 1. The molecule has 0 radical (unpaired) electrons. The molecule has 0 fully saturated rings. The van der Waals surface area contributed by atoms with E-state index in [9.17, 15) is 4.79 Å². The van der Waals surface area contributed by atoms with Crippen molar-refractivity contribution in [3.05, 3.63) is 40.2 Å². The highest BCUT2D eigenvalue weighted by Crippen LogP contribution is 2.20. The van der Waals surface area contributed by atoms with E-state index in [1.54, 1.807) is 19.1 Å². The molecule has 1 N–H and O–H groups in total. The molecule has 1 aromatic carbocycles. The molecule has 7 heteroatoms. The summed E-state index contributed by atoms with van der Waals surface area (Å²) < 4.78 is 1.38. The SMILES string of the molecule is Cc1ccc(Cl)cc1NC(=O)Cn1nnc(C#N)c1C. The van der Waals surface area contributed by atoms with Gasteiger partial charge in [0.05, 0.1) is 5.69 Å². The Labute approximate surface area is 121 Å². The molecule has 0 atom stereocenters. The average Bonchev–Trinajstić information content (AvgIpc) is 2.75. The van der Waals surface area contributed by atoms with Gasteiger partial charge in [0.25, 0.3) is 0 Å². The van der Waals surface area contributed by atoms with E-state index in [4.69, 9.17) is 16.9 Å². The van der Waals surface area contributed by atoms with E-state index < -0.39 is 0 Å². The molecule has 102 valence electrons. The van der Waals surface area contributed by atoms with Crippen molar-refractivity contribution in [3.8, 4) is 6.07 Å². The first kappa shape index (κ1) is 14.0. The second-order valence-corrected chi connectivity index (χ2v) is 4.74. The molecule has 0 aliphatic heterocycles. The molecule has 1 aromatic heterocycles. The monoisotopic (exact) mass is 289 g/mol. The fourth-order valence-corrected chi connectivity index (χ4v) is 1.84. The summed E-state index contributed by atoms with van der Waals surface area (Å²) in [5.41, 5.74) is 2.35. The number of hydrogen-bond acceptors (Lipinski definition) is 4. The van der Waals surface area contributed by atoms with Crippen LogP contribution in [0.3, 0.4) is 0 Å². The van der Waals surface area contributed by atoms with Gasteiger partial charge in [0.1, 0.15) is 12.6 Å². The Morgan fingerprint density at radius 2 is 2.25 bits per heavy atom. The number of nitrogens with zero attached hydrogens (tertiary/aromatic N) is 4. The minimum atomic E-state index is -0.257. The standard InChI is InChI=1S/C13H12ClN5O/c1-8-3-4-10(14)5-11(8)16-13(20)7-19-9(2)12(6-15)17-18-19/h3-5H,7H2,1-2H3,(H,16,20). The van der Waals surface area contributed by atoms with Gasteiger partial charge in [0.2, 0.25) is 5.91 Å². The Bertz CT molecular complexity index is 701. The fourth-order valence-electron chi connectivity index (χ4n) is 1.67. The molecule has 2 aromatic rings. The lowest BCUT2D eigenvalue weighted by atomic mass is 10.2. The molecule has 0 bridgehead atoms. The lowest BCUT2D eigenvalue weighted by Gasteiger charge is -2.09. The number of carbonyl (C=O) groups excluding carboxylic acids is 1. The first-order valence-corrected chi connectivity index (χ1v) is 6.25. The molecular weight excluding hydrogens is 278 g/mol. The summed E-state index contributed by atoms with van der Waals surface area (Å²) in [6.45, 7) is 3.56. The minimum absolute atomic E-state index is 0.00747. The van der Waals surface area contributed by atoms with Crippen LogP contribution in [0.2, 0.25) is 5.02 Å². The van der Waals surface area contributed by atoms with Crippen LogP contribution in [-0.4, -0.2) is 20.9 Å². The quantitative estimate of drug-likeness (QED) is 0.937. The first-order valence-electron chi connectivity index (χ1n) is 5.87. The van der Waals surface area contributed by atoms with Crippen molar-refractivity contribution in [1.29, 1.82) is 5.26 Å². The van der Waals surface area contributed by atoms with Gasteiger partial charge in [-0.05, 0) is 31.5 Å². The summed E-state index contributed by atoms with van der Waals surface area (Å²) in [6, 6.07) is 7.18. The third-order valence-electron chi connectivity index (χ3n) is 2.86. The number of hydrogen-bond donors (Lipinski definition) is 1. The number of halogens is 1. The molecular formula is C13H12ClN5O. The summed E-state index contributed by atoms with van der Waals surface area (Å²) >= 11 is 5.89. The third kappa shape index (κ3) is 2.95. The van der Waals surface area contributed by atoms with Gasteiger partial charge in [0.15, 0.2) is 5.69 Å². The number of nitrogens with one attached hydrogen (secondary N) is 1. The van der Waals surface area contributed by atoms with E-state index in [2.05, 4.69) is 15.6 Å². The van der Waals surface area contributed by atoms with Gasteiger partial charge in [-0.2, -0.15) is 5.26 Å². The molecule has 0 aliphatic rings. The predicted octanol–water partition coefficient (Wildman–Crippen LogP) is 2.06. The average molecular weight is 290 g/mol. The van der Waals surface area contributed by atoms with E-state index in [0.29, 0.717) is 16.4 Å². The largest absolute Gasteiger partial charge is 0.324 e. The Morgan fingerprint density at radius 3 is 2.90 bits per heavy atom. The number of nitriles is 1. The van der Waals surface area contributed by atoms with Crippen LogP contribution in [0, 0.1) is 25.2 Å². The molecule has 0 saturated carbocycles. The van der Waals surface area contributed by atoms with Crippen molar-refractivity contribution in [2.45, 2.75) is 20.4 Å². The van der Waals surface area contributed by atoms with Crippen molar-refractivity contribution in [3.63, 3.8) is 0 Å². The molecule has 0 unspecified atom stereocenters. The van der Waals surface area contributed by atoms with Gasteiger partial charge in [-0.15, -0.1) is 5.10 Å². The number of carbonyl (C=O) groups is 1. The van der Waals surface area contributed by atoms with E-state index in [0.717, 1.165) is 5.56 Å². The summed E-state index contributed by atoms with van der Waals surface area (Å²) in [6.07, 6.45) is 0. The summed E-state index contributed by atoms with van der Waals surface area (Å²) in [7, 11) is 0. The fraction of sp³-hybridized carbons (Fsp3) is 0.231. The molecule has 2 rings (SSSR count). The molecule has 1 amide bonds. The number of rotatable bonds is 3. The first-order chi connectivity index (χ1) is 9.51. The van der Waals surface area contributed by atoms with Crippen molar-refractivity contribution in [2.75, 3.05) is 5.32 Å². The van der Waals surface area contributed by atoms with Crippen molar-refractivity contribution >= 4 is 23.2 Å². The predicted molar refractivity (Wildman–Crippen MR) is 74.3 cm³/mol. The number of aryl methyl sites for hydroxylation is 1. The van der Waals surface area contributed by atoms with Crippen LogP contribution in [0.5, 0.6) is 0 Å². The highest BCUT2D eigenvalue weighted by atomic mass is 35.5. The maximum absolute atomic E-state index is 12.0. The zero-order valence-electron chi connectivity index (χ0n) is 11.0. The van der Waals surface area contributed by atoms with Gasteiger partial charge in [-0.1, -0.05) is 22.9 Å². The van der Waals surface area contributed by atoms with Gasteiger partial charge in [-0.3, -0.25) is 4.79 Å². The maximum Gasteiger partial charge on any atom is 0.246 e. The van der Waals surface area contributed by atoms with Crippen molar-refractivity contribution < 1.29 is 4.79 Å². The highest BCUT2D eigenvalue weighted by Gasteiger charge is 2.12. The van der Waals surface area contributed by atoms with Crippen LogP contribution in [0.15, 0.2) is 18.2 Å². The smallest absolute Gasteiger partial charge is 0.246 e. The molecule has 6 nitrogen and oxygen atoms in total. The maximum atomic E-state index is 12.0. The van der Waals surface area contributed by atoms with Crippen molar-refractivity contribution in [1.82, 2.24) is 15.0 Å². The summed E-state index contributed by atoms with van der Waals surface area (Å²) in [4.78, 5) is 12.0. The lowest BCUT2D eigenvalue weighted by molar-refractivity contribution is -0.117. The Hall–Kier alpha value is -2.39. The highest BCUT2D eigenvalue weighted by molar-refractivity contribution is 6.31. The Morgan fingerprint density at radius 1 is 1.50 bits per heavy atom. The minimum Gasteiger partial charge on any atom is -0.324 e. The zero-order valence-corrected chi connectivity index (χ0v) is 11.8. The van der Waals surface area contributed by atoms with E-state index in [1.807, 2.05) is 19.1 Å². The number of aromatic nitrogens is 3. The molecule has 1 heterocycles. The summed E-state index contributed by atoms with van der Waals surface area (Å²) in [5.74, 6) is -0.257. The lowest BCUT2D eigenvalue weighted by Crippen LogP contribution is -2.20. The number of anilines is 1. The van der Waals surface area contributed by atoms with E-state index in [1.165, 1.54) is 4.68 Å². The topological polar surface area (TPSA) is 83.6 Å². The van der Waals surface area contributed by atoms with Crippen LogP contribution in [0.1, 0.15) is 17.0 Å². The third-order valence-corrected chi connectivity index (χ3v) is 3.09. The van der Waals surface area contributed by atoms with Crippen LogP contribution in [-0.2, 0) is 11.3 Å². The molecule has 0 spiro atoms. The van der Waals surface area contributed by atoms with Gasteiger partial charge in [0, 0.05) is 10.7 Å². The molecule has 20 heavy (non-hydrogen) atoms. The zero-order chi connectivity index (χ0) is 14.7. The van der Waals surface area contributed by atoms with Crippen LogP contribution in [0.4, 0.5) is 5.69 Å². The second-order valence-electron chi connectivity index (χ2n) is 4.30. The van der Waals surface area contributed by atoms with E-state index >= 15 is 0 Å². The molecule has 0 saturated heterocycles. The molecule has 0 aliphatic carbocycles. The van der Waals surface area contributed by atoms with Crippen LogP contribution >= 0.6 is 11.6 Å². The van der Waals surface area contributed by atoms with Gasteiger partial charge >= 0.3 is 0 Å². The van der Waals surface area contributed by atoms with E-state index in [-0.39, 0.29) is 18.1 Å². The van der Waals surface area contributed by atoms with Crippen LogP contribution < -0.4 is 5.32 Å². The van der Waals surface area contributed by atoms with Gasteiger partial charge < -0.3 is 5.32 Å². The van der Waals surface area contributed by atoms with Crippen molar-refractivity contribution in [2.24, 2.45) is 0 Å². The second kappa shape index (κ2) is 5.72. The normalized spacial score (nSPS) is 10.1. The number of amides is 1. The Kier molecular flexibility index (Phi) is 4.01.